The molecule has 0 radical (unpaired) electrons. The normalized spacial score (nSPS) is 20.1. The Morgan fingerprint density at radius 1 is 1.28 bits per heavy atom. The molecule has 3 heterocycles. The van der Waals surface area contributed by atoms with E-state index in [1.807, 2.05) is 30.5 Å². The van der Waals surface area contributed by atoms with Gasteiger partial charge < -0.3 is 15.6 Å². The molecule has 5 heteroatoms. The average molecular weight is 243 g/mol. The second-order valence-corrected chi connectivity index (χ2v) is 4.71. The number of nitrogens with one attached hydrogen (secondary N) is 1. The van der Waals surface area contributed by atoms with Gasteiger partial charge in [0.05, 0.1) is 5.69 Å². The van der Waals surface area contributed by atoms with Crippen LogP contribution in [0.25, 0.3) is 11.4 Å². The molecule has 18 heavy (non-hydrogen) atoms. The summed E-state index contributed by atoms with van der Waals surface area (Å²) in [5, 5.41) is 8.55. The van der Waals surface area contributed by atoms with Crippen LogP contribution in [0.3, 0.4) is 0 Å². The van der Waals surface area contributed by atoms with Crippen LogP contribution in [0.2, 0.25) is 0 Å². The molecule has 0 saturated carbocycles. The third-order valence-corrected chi connectivity index (χ3v) is 3.31. The second-order valence-electron chi connectivity index (χ2n) is 4.71. The summed E-state index contributed by atoms with van der Waals surface area (Å²) >= 11 is 0. The van der Waals surface area contributed by atoms with Gasteiger partial charge in [-0.25, -0.2) is 0 Å². The van der Waals surface area contributed by atoms with Crippen molar-refractivity contribution in [2.75, 3.05) is 18.0 Å². The van der Waals surface area contributed by atoms with Gasteiger partial charge in [-0.15, -0.1) is 10.2 Å². The van der Waals surface area contributed by atoms with Gasteiger partial charge in [-0.1, -0.05) is 0 Å². The van der Waals surface area contributed by atoms with Crippen molar-refractivity contribution in [1.29, 1.82) is 0 Å². The Kier molecular flexibility index (Phi) is 2.98. The number of anilines is 1. The Balaban J connectivity index is 1.78. The monoisotopic (exact) mass is 243 g/mol. The molecule has 5 nitrogen and oxygen atoms in total. The summed E-state index contributed by atoms with van der Waals surface area (Å²) in [6.45, 7) is 1.89. The number of nitrogens with two attached hydrogens (primary N) is 1. The summed E-state index contributed by atoms with van der Waals surface area (Å²) < 4.78 is 0. The van der Waals surface area contributed by atoms with E-state index >= 15 is 0 Å². The van der Waals surface area contributed by atoms with Crippen LogP contribution in [0, 0.1) is 0 Å². The molecule has 2 aromatic heterocycles. The van der Waals surface area contributed by atoms with Gasteiger partial charge in [0.1, 0.15) is 5.69 Å². The van der Waals surface area contributed by atoms with Crippen molar-refractivity contribution in [3.63, 3.8) is 0 Å². The fraction of sp³-hybridized carbons (Fsp3) is 0.385. The number of hydrogen-bond donors (Lipinski definition) is 2. The maximum Gasteiger partial charge on any atom is 0.151 e. The molecule has 1 saturated heterocycles. The summed E-state index contributed by atoms with van der Waals surface area (Å²) in [5.41, 5.74) is 7.83. The first-order chi connectivity index (χ1) is 8.83. The van der Waals surface area contributed by atoms with Crippen LogP contribution in [0.4, 0.5) is 5.82 Å². The number of rotatable bonds is 2. The highest BCUT2D eigenvalue weighted by atomic mass is 15.3. The first-order valence-corrected chi connectivity index (χ1v) is 6.31. The van der Waals surface area contributed by atoms with Crippen molar-refractivity contribution >= 4 is 5.82 Å². The van der Waals surface area contributed by atoms with Crippen molar-refractivity contribution in [2.24, 2.45) is 5.73 Å². The Morgan fingerprint density at radius 2 is 2.22 bits per heavy atom. The molecule has 2 aromatic rings. The highest BCUT2D eigenvalue weighted by Crippen LogP contribution is 2.19. The van der Waals surface area contributed by atoms with E-state index in [1.165, 1.54) is 0 Å². The number of nitrogens with zero attached hydrogens (tertiary/aromatic N) is 3. The summed E-state index contributed by atoms with van der Waals surface area (Å²) in [4.78, 5) is 5.33. The summed E-state index contributed by atoms with van der Waals surface area (Å²) in [5.74, 6) is 0.917. The molecule has 1 aliphatic rings. The number of hydrogen-bond acceptors (Lipinski definition) is 4. The molecule has 1 aliphatic heterocycles. The molecular formula is C13H17N5. The minimum Gasteiger partial charge on any atom is -0.360 e. The summed E-state index contributed by atoms with van der Waals surface area (Å²) in [6, 6.07) is 8.20. The number of piperidine rings is 1. The van der Waals surface area contributed by atoms with Crippen LogP contribution in [0.15, 0.2) is 30.5 Å². The third-order valence-electron chi connectivity index (χ3n) is 3.31. The minimum atomic E-state index is 0.253. The van der Waals surface area contributed by atoms with E-state index in [2.05, 4.69) is 20.1 Å². The van der Waals surface area contributed by atoms with Crippen LogP contribution < -0.4 is 10.6 Å². The lowest BCUT2D eigenvalue weighted by atomic mass is 10.1. The zero-order valence-corrected chi connectivity index (χ0v) is 10.2. The highest BCUT2D eigenvalue weighted by Gasteiger charge is 2.18. The van der Waals surface area contributed by atoms with Gasteiger partial charge in [0, 0.05) is 25.3 Å². The van der Waals surface area contributed by atoms with E-state index in [1.54, 1.807) is 0 Å². The molecule has 0 bridgehead atoms. The molecule has 3 rings (SSSR count). The van der Waals surface area contributed by atoms with Crippen LogP contribution in [0.1, 0.15) is 12.8 Å². The van der Waals surface area contributed by atoms with Crippen LogP contribution in [-0.2, 0) is 0 Å². The van der Waals surface area contributed by atoms with E-state index in [0.717, 1.165) is 43.1 Å². The molecule has 0 amide bonds. The van der Waals surface area contributed by atoms with Crippen LogP contribution in [-0.4, -0.2) is 34.3 Å². The topological polar surface area (TPSA) is 70.8 Å². The smallest absolute Gasteiger partial charge is 0.151 e. The predicted molar refractivity (Wildman–Crippen MR) is 71.2 cm³/mol. The maximum atomic E-state index is 5.97. The molecule has 1 unspecified atom stereocenters. The van der Waals surface area contributed by atoms with E-state index in [0.29, 0.717) is 0 Å². The van der Waals surface area contributed by atoms with Crippen molar-refractivity contribution < 1.29 is 0 Å². The Morgan fingerprint density at radius 3 is 2.89 bits per heavy atom. The van der Waals surface area contributed by atoms with Crippen LogP contribution >= 0.6 is 0 Å². The molecule has 1 fully saturated rings. The average Bonchev–Trinajstić information content (AvgIpc) is 2.93. The molecule has 3 N–H and O–H groups in total. The number of aromatic nitrogens is 3. The molecule has 0 aromatic carbocycles. The van der Waals surface area contributed by atoms with Gasteiger partial charge in [0.15, 0.2) is 5.82 Å². The molecular weight excluding hydrogens is 226 g/mol. The van der Waals surface area contributed by atoms with Gasteiger partial charge in [0.2, 0.25) is 0 Å². The fourth-order valence-corrected chi connectivity index (χ4v) is 2.35. The molecule has 0 spiro atoms. The van der Waals surface area contributed by atoms with Gasteiger partial charge >= 0.3 is 0 Å². The van der Waals surface area contributed by atoms with Crippen molar-refractivity contribution in [2.45, 2.75) is 18.9 Å². The van der Waals surface area contributed by atoms with E-state index in [9.17, 15) is 0 Å². The van der Waals surface area contributed by atoms with E-state index in [4.69, 9.17) is 5.73 Å². The lowest BCUT2D eigenvalue weighted by Crippen LogP contribution is -2.43. The van der Waals surface area contributed by atoms with Crippen molar-refractivity contribution in [3.05, 3.63) is 30.5 Å². The van der Waals surface area contributed by atoms with Crippen molar-refractivity contribution in [3.8, 4) is 11.4 Å². The van der Waals surface area contributed by atoms with E-state index < -0.39 is 0 Å². The maximum absolute atomic E-state index is 5.97. The van der Waals surface area contributed by atoms with E-state index in [-0.39, 0.29) is 6.04 Å². The Hall–Kier alpha value is -1.88. The lowest BCUT2D eigenvalue weighted by molar-refractivity contribution is 0.502. The van der Waals surface area contributed by atoms with Gasteiger partial charge in [-0.05, 0) is 37.1 Å². The zero-order valence-electron chi connectivity index (χ0n) is 10.2. The molecule has 1 atom stereocenters. The highest BCUT2D eigenvalue weighted by molar-refractivity contribution is 5.55. The van der Waals surface area contributed by atoms with Crippen LogP contribution in [0.5, 0.6) is 0 Å². The molecule has 0 aliphatic carbocycles. The van der Waals surface area contributed by atoms with Gasteiger partial charge in [-0.2, -0.15) is 0 Å². The number of H-pyrrole nitrogens is 1. The Bertz CT molecular complexity index is 491. The number of aromatic amines is 1. The first-order valence-electron chi connectivity index (χ1n) is 6.31. The largest absolute Gasteiger partial charge is 0.360 e. The quantitative estimate of drug-likeness (QED) is 0.836. The second kappa shape index (κ2) is 4.78. The Labute approximate surface area is 106 Å². The van der Waals surface area contributed by atoms with Crippen molar-refractivity contribution in [1.82, 2.24) is 15.2 Å². The summed E-state index contributed by atoms with van der Waals surface area (Å²) in [6.07, 6.45) is 4.11. The van der Waals surface area contributed by atoms with Gasteiger partial charge in [-0.3, -0.25) is 0 Å². The molecule has 94 valence electrons. The standard InChI is InChI=1S/C13H17N5/c14-10-3-2-8-18(9-10)13-6-5-12(16-17-13)11-4-1-7-15-11/h1,4-7,10,15H,2-3,8-9,14H2. The van der Waals surface area contributed by atoms with Gasteiger partial charge in [0.25, 0.3) is 0 Å². The zero-order chi connectivity index (χ0) is 12.4. The first kappa shape index (κ1) is 11.2. The SMILES string of the molecule is NC1CCCN(c2ccc(-c3ccc[nH]3)nn2)C1. The fourth-order valence-electron chi connectivity index (χ4n) is 2.35. The third kappa shape index (κ3) is 2.22. The predicted octanol–water partition coefficient (Wildman–Crippen LogP) is 1.40. The lowest BCUT2D eigenvalue weighted by Gasteiger charge is -2.31. The minimum absolute atomic E-state index is 0.253. The summed E-state index contributed by atoms with van der Waals surface area (Å²) in [7, 11) is 0.